The summed E-state index contributed by atoms with van der Waals surface area (Å²) in [5, 5.41) is 29.0. The predicted molar refractivity (Wildman–Crippen MR) is 71.5 cm³/mol. The average molecular weight is 278 g/mol. The van der Waals surface area contributed by atoms with E-state index in [0.29, 0.717) is 10.9 Å². The number of aliphatic hydroxyl groups excluding tert-OH is 1. The fourth-order valence-electron chi connectivity index (χ4n) is 2.14. The van der Waals surface area contributed by atoms with Gasteiger partial charge in [-0.25, -0.2) is 0 Å². The lowest BCUT2D eigenvalue weighted by molar-refractivity contribution is -0.137. The fourth-order valence-corrected chi connectivity index (χ4v) is 2.14. The van der Waals surface area contributed by atoms with Crippen LogP contribution in [0.25, 0.3) is 10.9 Å². The van der Waals surface area contributed by atoms with Gasteiger partial charge < -0.3 is 21.1 Å². The van der Waals surface area contributed by atoms with Crippen molar-refractivity contribution in [2.45, 2.75) is 12.6 Å². The minimum atomic E-state index is -1.20. The Balaban J connectivity index is 2.83. The van der Waals surface area contributed by atoms with E-state index in [-0.39, 0.29) is 17.8 Å². The number of phenols is 1. The van der Waals surface area contributed by atoms with E-state index in [1.807, 2.05) is 0 Å². The van der Waals surface area contributed by atoms with Crippen LogP contribution >= 0.6 is 0 Å². The minimum Gasteiger partial charge on any atom is -0.506 e. The highest BCUT2D eigenvalue weighted by atomic mass is 16.4. The van der Waals surface area contributed by atoms with Crippen molar-refractivity contribution >= 4 is 16.9 Å². The van der Waals surface area contributed by atoms with Crippen molar-refractivity contribution in [1.82, 2.24) is 4.57 Å². The zero-order chi connectivity index (χ0) is 14.9. The summed E-state index contributed by atoms with van der Waals surface area (Å²) in [5.74, 6) is -1.43. The number of rotatable bonds is 4. The second-order valence-corrected chi connectivity index (χ2v) is 4.34. The van der Waals surface area contributed by atoms with Gasteiger partial charge in [-0.05, 0) is 17.7 Å². The number of aliphatic carboxylic acids is 1. The standard InChI is InChI=1S/C13H14N2O5/c14-5-10(17)7-1-3-9(16)13-8(7)2-4-11(18)15(13)6-12(19)20/h1-4,10,16-17H,5-6,14H2,(H,19,20). The SMILES string of the molecule is NCC(O)c1ccc(O)c2c1ccc(=O)n2CC(=O)O. The van der Waals surface area contributed by atoms with Crippen LogP contribution in [-0.4, -0.2) is 32.4 Å². The Morgan fingerprint density at radius 3 is 2.60 bits per heavy atom. The van der Waals surface area contributed by atoms with Crippen molar-refractivity contribution in [2.24, 2.45) is 5.73 Å². The highest BCUT2D eigenvalue weighted by molar-refractivity contribution is 5.89. The molecule has 106 valence electrons. The van der Waals surface area contributed by atoms with E-state index in [0.717, 1.165) is 4.57 Å². The highest BCUT2D eigenvalue weighted by Gasteiger charge is 2.16. The van der Waals surface area contributed by atoms with Gasteiger partial charge in [0.15, 0.2) is 0 Å². The quantitative estimate of drug-likeness (QED) is 0.612. The van der Waals surface area contributed by atoms with Gasteiger partial charge in [-0.15, -0.1) is 0 Å². The van der Waals surface area contributed by atoms with Gasteiger partial charge in [0.05, 0.1) is 11.6 Å². The lowest BCUT2D eigenvalue weighted by Gasteiger charge is -2.15. The van der Waals surface area contributed by atoms with Crippen LogP contribution in [0.5, 0.6) is 5.75 Å². The first kappa shape index (κ1) is 14.0. The number of carbonyl (C=O) groups is 1. The van der Waals surface area contributed by atoms with Crippen molar-refractivity contribution in [2.75, 3.05) is 6.54 Å². The first-order chi connectivity index (χ1) is 9.45. The molecule has 1 aromatic carbocycles. The maximum absolute atomic E-state index is 11.8. The molecular weight excluding hydrogens is 264 g/mol. The second kappa shape index (κ2) is 5.32. The van der Waals surface area contributed by atoms with Crippen LogP contribution in [0.2, 0.25) is 0 Å². The van der Waals surface area contributed by atoms with Crippen LogP contribution in [-0.2, 0) is 11.3 Å². The minimum absolute atomic E-state index is 0.0298. The molecule has 1 unspecified atom stereocenters. The number of hydrogen-bond donors (Lipinski definition) is 4. The summed E-state index contributed by atoms with van der Waals surface area (Å²) in [4.78, 5) is 22.6. The summed E-state index contributed by atoms with van der Waals surface area (Å²) in [6.45, 7) is -0.607. The molecule has 1 heterocycles. The van der Waals surface area contributed by atoms with Crippen molar-refractivity contribution in [1.29, 1.82) is 0 Å². The smallest absolute Gasteiger partial charge is 0.323 e. The Bertz CT molecular complexity index is 723. The number of fused-ring (bicyclic) bond motifs is 1. The number of aliphatic hydroxyl groups is 1. The maximum Gasteiger partial charge on any atom is 0.323 e. The monoisotopic (exact) mass is 278 g/mol. The summed E-state index contributed by atoms with van der Waals surface area (Å²) in [6.07, 6.45) is -0.964. The third-order valence-electron chi connectivity index (χ3n) is 3.03. The van der Waals surface area contributed by atoms with Crippen molar-refractivity contribution in [3.05, 3.63) is 40.2 Å². The van der Waals surface area contributed by atoms with Crippen LogP contribution in [0.15, 0.2) is 29.1 Å². The molecule has 0 saturated heterocycles. The first-order valence-corrected chi connectivity index (χ1v) is 5.91. The number of pyridine rings is 1. The number of phenolic OH excluding ortho intramolecular Hbond substituents is 1. The lowest BCUT2D eigenvalue weighted by Crippen LogP contribution is -2.24. The molecule has 0 aliphatic rings. The summed E-state index contributed by atoms with van der Waals surface area (Å²) >= 11 is 0. The van der Waals surface area contributed by atoms with Gasteiger partial charge in [0.25, 0.3) is 5.56 Å². The van der Waals surface area contributed by atoms with Crippen molar-refractivity contribution < 1.29 is 20.1 Å². The van der Waals surface area contributed by atoms with Crippen LogP contribution in [0.3, 0.4) is 0 Å². The topological polar surface area (TPSA) is 126 Å². The zero-order valence-corrected chi connectivity index (χ0v) is 10.5. The summed E-state index contributed by atoms with van der Waals surface area (Å²) in [5.41, 5.74) is 5.36. The van der Waals surface area contributed by atoms with E-state index in [9.17, 15) is 19.8 Å². The van der Waals surface area contributed by atoms with E-state index in [1.54, 1.807) is 0 Å². The average Bonchev–Trinajstić information content (AvgIpc) is 2.41. The first-order valence-electron chi connectivity index (χ1n) is 5.91. The molecule has 0 bridgehead atoms. The summed E-state index contributed by atoms with van der Waals surface area (Å²) < 4.78 is 0.944. The van der Waals surface area contributed by atoms with Gasteiger partial charge >= 0.3 is 5.97 Å². The zero-order valence-electron chi connectivity index (χ0n) is 10.5. The van der Waals surface area contributed by atoms with Gasteiger partial charge in [0.2, 0.25) is 0 Å². The molecule has 1 aromatic heterocycles. The highest BCUT2D eigenvalue weighted by Crippen LogP contribution is 2.29. The third-order valence-corrected chi connectivity index (χ3v) is 3.03. The van der Waals surface area contributed by atoms with Crippen LogP contribution in [0.1, 0.15) is 11.7 Å². The second-order valence-electron chi connectivity index (χ2n) is 4.34. The van der Waals surface area contributed by atoms with Gasteiger partial charge in [-0.1, -0.05) is 6.07 Å². The molecule has 5 N–H and O–H groups in total. The Morgan fingerprint density at radius 2 is 2.00 bits per heavy atom. The molecule has 0 radical (unpaired) electrons. The number of nitrogens with zero attached hydrogens (tertiary/aromatic N) is 1. The number of aromatic nitrogens is 1. The van der Waals surface area contributed by atoms with Gasteiger partial charge in [0, 0.05) is 18.0 Å². The normalized spacial score (nSPS) is 12.5. The number of carboxylic acids is 1. The summed E-state index contributed by atoms with van der Waals surface area (Å²) in [6, 6.07) is 5.42. The molecule has 0 fully saturated rings. The molecule has 0 aliphatic carbocycles. The molecule has 0 spiro atoms. The van der Waals surface area contributed by atoms with Gasteiger partial charge in [0.1, 0.15) is 12.3 Å². The van der Waals surface area contributed by atoms with E-state index >= 15 is 0 Å². The molecule has 2 aromatic rings. The third kappa shape index (κ3) is 2.36. The molecule has 2 rings (SSSR count). The van der Waals surface area contributed by atoms with E-state index in [4.69, 9.17) is 10.8 Å². The Hall–Kier alpha value is -2.38. The predicted octanol–water partition coefficient (Wildman–Crippen LogP) is -0.216. The maximum atomic E-state index is 11.8. The molecule has 0 saturated carbocycles. The van der Waals surface area contributed by atoms with Crippen molar-refractivity contribution in [3.63, 3.8) is 0 Å². The summed E-state index contributed by atoms with van der Waals surface area (Å²) in [7, 11) is 0. The number of benzene rings is 1. The Labute approximate surface area is 113 Å². The lowest BCUT2D eigenvalue weighted by atomic mass is 10.0. The van der Waals surface area contributed by atoms with Gasteiger partial charge in [-0.2, -0.15) is 0 Å². The molecule has 0 amide bonds. The van der Waals surface area contributed by atoms with Crippen LogP contribution in [0, 0.1) is 0 Å². The molecule has 20 heavy (non-hydrogen) atoms. The van der Waals surface area contributed by atoms with Crippen LogP contribution < -0.4 is 11.3 Å². The van der Waals surface area contributed by atoms with Gasteiger partial charge in [-0.3, -0.25) is 14.2 Å². The van der Waals surface area contributed by atoms with Crippen LogP contribution in [0.4, 0.5) is 0 Å². The Morgan fingerprint density at radius 1 is 1.30 bits per heavy atom. The van der Waals surface area contributed by atoms with E-state index < -0.39 is 24.2 Å². The largest absolute Gasteiger partial charge is 0.506 e. The number of carboxylic acid groups (broad SMARTS) is 1. The van der Waals surface area contributed by atoms with E-state index in [2.05, 4.69) is 0 Å². The fraction of sp³-hybridized carbons (Fsp3) is 0.231. The molecule has 7 heteroatoms. The number of hydrogen-bond acceptors (Lipinski definition) is 5. The molecule has 1 atom stereocenters. The molecular formula is C13H14N2O5. The van der Waals surface area contributed by atoms with E-state index in [1.165, 1.54) is 24.3 Å². The number of aromatic hydroxyl groups is 1. The molecule has 0 aliphatic heterocycles. The Kier molecular flexibility index (Phi) is 3.73. The number of nitrogens with two attached hydrogens (primary N) is 1. The molecule has 7 nitrogen and oxygen atoms in total. The van der Waals surface area contributed by atoms with Crippen molar-refractivity contribution in [3.8, 4) is 5.75 Å².